The lowest BCUT2D eigenvalue weighted by Crippen LogP contribution is -2.61. The van der Waals surface area contributed by atoms with E-state index < -0.39 is 0 Å². The van der Waals surface area contributed by atoms with Gasteiger partial charge in [0.05, 0.1) is 28.7 Å². The number of nitrogens with zero attached hydrogens (tertiary/aromatic N) is 5. The highest BCUT2D eigenvalue weighted by Gasteiger charge is 2.38. The zero-order valence-corrected chi connectivity index (χ0v) is 29.7. The van der Waals surface area contributed by atoms with Crippen LogP contribution < -0.4 is 5.32 Å². The number of hydrogen-bond donors (Lipinski definition) is 1. The molecule has 0 saturated carbocycles. The van der Waals surface area contributed by atoms with Gasteiger partial charge in [0.25, 0.3) is 5.91 Å². The summed E-state index contributed by atoms with van der Waals surface area (Å²) in [7, 11) is 0. The number of nitrogens with one attached hydrogen (secondary N) is 1. The minimum Gasteiger partial charge on any atom is -0.378 e. The molecule has 2 fully saturated rings. The predicted octanol–water partition coefficient (Wildman–Crippen LogP) is 6.96. The van der Waals surface area contributed by atoms with Gasteiger partial charge in [-0.05, 0) is 96.9 Å². The van der Waals surface area contributed by atoms with Crippen LogP contribution in [0.25, 0.3) is 5.57 Å². The highest BCUT2D eigenvalue weighted by atomic mass is 16.5. The molecular formula is C38H58N6O2. The summed E-state index contributed by atoms with van der Waals surface area (Å²) in [6.45, 7) is 26.1. The molecule has 1 unspecified atom stereocenters. The second-order valence-corrected chi connectivity index (χ2v) is 12.6. The Balaban J connectivity index is 0.000000241. The Kier molecular flexibility index (Phi) is 14.8. The number of carbonyl (C=O) groups is 1. The summed E-state index contributed by atoms with van der Waals surface area (Å²) in [5.74, 6) is 0.0846. The Morgan fingerprint density at radius 3 is 2.39 bits per heavy atom. The van der Waals surface area contributed by atoms with Gasteiger partial charge in [0.1, 0.15) is 6.33 Å². The predicted molar refractivity (Wildman–Crippen MR) is 190 cm³/mol. The third-order valence-electron chi connectivity index (χ3n) is 9.45. The van der Waals surface area contributed by atoms with Gasteiger partial charge < -0.3 is 15.0 Å². The minimum absolute atomic E-state index is 0.0846. The van der Waals surface area contributed by atoms with E-state index in [0.717, 1.165) is 88.5 Å². The van der Waals surface area contributed by atoms with E-state index in [-0.39, 0.29) is 11.4 Å². The van der Waals surface area contributed by atoms with Crippen molar-refractivity contribution in [3.8, 4) is 0 Å². The first kappa shape index (κ1) is 37.3. The Labute approximate surface area is 278 Å². The number of ether oxygens (including phenoxy) is 1. The topological polar surface area (TPSA) is 83.5 Å². The van der Waals surface area contributed by atoms with Gasteiger partial charge in [0, 0.05) is 57.1 Å². The summed E-state index contributed by atoms with van der Waals surface area (Å²) in [6.07, 6.45) is 13.0. The maximum atomic E-state index is 12.9. The van der Waals surface area contributed by atoms with Crippen molar-refractivity contribution in [3.63, 3.8) is 0 Å². The Hall–Kier alpha value is -3.20. The molecule has 1 amide bonds. The van der Waals surface area contributed by atoms with Crippen LogP contribution in [-0.4, -0.2) is 87.7 Å². The van der Waals surface area contributed by atoms with Crippen LogP contribution in [-0.2, 0) is 4.74 Å². The first-order chi connectivity index (χ1) is 22.1. The molecule has 8 nitrogen and oxygen atoms in total. The molecule has 2 aromatic rings. The number of pyridine rings is 1. The van der Waals surface area contributed by atoms with Crippen molar-refractivity contribution in [2.75, 3.05) is 39.3 Å². The minimum atomic E-state index is 0.0846. The van der Waals surface area contributed by atoms with Crippen LogP contribution in [0.3, 0.4) is 0 Å². The van der Waals surface area contributed by atoms with Crippen molar-refractivity contribution < 1.29 is 9.53 Å². The highest BCUT2D eigenvalue weighted by molar-refractivity contribution is 5.96. The van der Waals surface area contributed by atoms with Crippen molar-refractivity contribution in [1.82, 2.24) is 30.1 Å². The van der Waals surface area contributed by atoms with Gasteiger partial charge in [-0.2, -0.15) is 0 Å². The number of aromatic nitrogens is 3. The van der Waals surface area contributed by atoms with Gasteiger partial charge in [-0.1, -0.05) is 44.2 Å². The summed E-state index contributed by atoms with van der Waals surface area (Å²) in [4.78, 5) is 30.3. The van der Waals surface area contributed by atoms with Crippen LogP contribution in [0.1, 0.15) is 101 Å². The van der Waals surface area contributed by atoms with E-state index in [0.29, 0.717) is 17.7 Å². The molecular weight excluding hydrogens is 572 g/mol. The summed E-state index contributed by atoms with van der Waals surface area (Å²) < 4.78 is 5.73. The molecule has 0 radical (unpaired) electrons. The monoisotopic (exact) mass is 630 g/mol. The zero-order valence-electron chi connectivity index (χ0n) is 29.7. The van der Waals surface area contributed by atoms with Gasteiger partial charge in [-0.15, -0.1) is 0 Å². The van der Waals surface area contributed by atoms with E-state index in [4.69, 9.17) is 4.74 Å². The largest absolute Gasteiger partial charge is 0.378 e. The molecule has 2 atom stereocenters. The number of piperazine rings is 1. The van der Waals surface area contributed by atoms with E-state index in [1.165, 1.54) is 23.0 Å². The molecule has 46 heavy (non-hydrogen) atoms. The standard InChI is InChI=1S/C18H29N5O.C18H23NO.C2H6/c1-13-11-23(10-7-19-13)18(4)5-8-22(9-6-18)17(24)16-14(2)20-12-21-15(16)3;1-4-15-12-17(20-5-2)13-16(15)10-9-14(3)18-8-6-7-11-19-18;1-2/h12-13,19H,5-11H2,1-4H3;4,6-9,11,17H,1,5,10,12-13H2,2-3H3;1-2H3/b;14-9+;/t13-;;/m0../s1. The summed E-state index contributed by atoms with van der Waals surface area (Å²) >= 11 is 0. The van der Waals surface area contributed by atoms with Crippen molar-refractivity contribution in [2.24, 2.45) is 0 Å². The fourth-order valence-corrected chi connectivity index (χ4v) is 6.63. The first-order valence-corrected chi connectivity index (χ1v) is 17.2. The van der Waals surface area contributed by atoms with Crippen LogP contribution in [0.15, 0.2) is 60.6 Å². The molecule has 0 spiro atoms. The fourth-order valence-electron chi connectivity index (χ4n) is 6.63. The molecule has 2 aromatic heterocycles. The lowest BCUT2D eigenvalue weighted by molar-refractivity contribution is 0.0164. The maximum absolute atomic E-state index is 12.9. The molecule has 0 aromatic carbocycles. The van der Waals surface area contributed by atoms with Crippen molar-refractivity contribution in [1.29, 1.82) is 0 Å². The second-order valence-electron chi connectivity index (χ2n) is 12.6. The van der Waals surface area contributed by atoms with Crippen molar-refractivity contribution in [2.45, 2.75) is 105 Å². The van der Waals surface area contributed by atoms with Crippen LogP contribution >= 0.6 is 0 Å². The zero-order chi connectivity index (χ0) is 33.7. The molecule has 1 N–H and O–H groups in total. The number of carbonyl (C=O) groups excluding carboxylic acids is 1. The molecule has 2 saturated heterocycles. The smallest absolute Gasteiger partial charge is 0.257 e. The molecule has 5 rings (SSSR count). The van der Waals surface area contributed by atoms with Crippen LogP contribution in [0.4, 0.5) is 0 Å². The molecule has 252 valence electrons. The molecule has 0 bridgehead atoms. The highest BCUT2D eigenvalue weighted by Crippen LogP contribution is 2.33. The van der Waals surface area contributed by atoms with Gasteiger partial charge in [0.15, 0.2) is 0 Å². The van der Waals surface area contributed by atoms with Crippen molar-refractivity contribution in [3.05, 3.63) is 83.2 Å². The Bertz CT molecular complexity index is 1310. The van der Waals surface area contributed by atoms with Crippen LogP contribution in [0.2, 0.25) is 0 Å². The van der Waals surface area contributed by atoms with Crippen LogP contribution in [0, 0.1) is 13.8 Å². The number of piperidine rings is 1. The summed E-state index contributed by atoms with van der Waals surface area (Å²) in [5.41, 5.74) is 7.51. The second kappa shape index (κ2) is 18.2. The van der Waals surface area contributed by atoms with E-state index in [9.17, 15) is 4.79 Å². The molecule has 4 heterocycles. The average molecular weight is 631 g/mol. The third kappa shape index (κ3) is 9.90. The summed E-state index contributed by atoms with van der Waals surface area (Å²) in [6, 6.07) is 6.56. The Morgan fingerprint density at radius 2 is 1.80 bits per heavy atom. The number of allylic oxidation sites excluding steroid dienone is 3. The van der Waals surface area contributed by atoms with Gasteiger partial charge in [0.2, 0.25) is 0 Å². The van der Waals surface area contributed by atoms with E-state index >= 15 is 0 Å². The third-order valence-corrected chi connectivity index (χ3v) is 9.45. The van der Waals surface area contributed by atoms with E-state index in [1.807, 2.05) is 63.1 Å². The normalized spacial score (nSPS) is 21.6. The van der Waals surface area contributed by atoms with Crippen LogP contribution in [0.5, 0.6) is 0 Å². The van der Waals surface area contributed by atoms with Gasteiger partial charge >= 0.3 is 0 Å². The molecule has 8 heteroatoms. The number of likely N-dealkylation sites (tertiary alicyclic amines) is 1. The lowest BCUT2D eigenvalue weighted by atomic mass is 9.86. The maximum Gasteiger partial charge on any atom is 0.257 e. The summed E-state index contributed by atoms with van der Waals surface area (Å²) in [5, 5.41) is 3.51. The molecule has 3 aliphatic rings. The van der Waals surface area contributed by atoms with Gasteiger partial charge in [-0.3, -0.25) is 14.7 Å². The first-order valence-electron chi connectivity index (χ1n) is 17.2. The SMILES string of the molecule is C=CC1=C(C/C=C(\C)c2ccccn2)CC(OCC)C1.CC.Cc1ncnc(C)c1C(=O)N1CCC(C)(N2CCN[C@@H](C)C2)CC1. The Morgan fingerprint density at radius 1 is 1.11 bits per heavy atom. The van der Waals surface area contributed by atoms with Gasteiger partial charge in [-0.25, -0.2) is 9.97 Å². The number of rotatable bonds is 8. The number of amides is 1. The average Bonchev–Trinajstić information content (AvgIpc) is 3.47. The number of aryl methyl sites for hydroxylation is 2. The van der Waals surface area contributed by atoms with Crippen molar-refractivity contribution >= 4 is 11.5 Å². The quantitative estimate of drug-likeness (QED) is 0.338. The molecule has 1 aliphatic carbocycles. The lowest BCUT2D eigenvalue weighted by Gasteiger charge is -2.49. The van der Waals surface area contributed by atoms with E-state index in [2.05, 4.69) is 65.5 Å². The molecule has 2 aliphatic heterocycles. The number of hydrogen-bond acceptors (Lipinski definition) is 7. The fraction of sp³-hybridized carbons (Fsp3) is 0.579. The van der Waals surface area contributed by atoms with E-state index in [1.54, 1.807) is 0 Å².